The Labute approximate surface area is 137 Å². The van der Waals surface area contributed by atoms with Crippen LogP contribution < -0.4 is 0 Å². The lowest BCUT2D eigenvalue weighted by molar-refractivity contribution is -0.113. The van der Waals surface area contributed by atoms with Crippen LogP contribution in [0.25, 0.3) is 0 Å². The Morgan fingerprint density at radius 3 is 2.78 bits per heavy atom. The molecule has 2 aliphatic rings. The highest BCUT2D eigenvalue weighted by Gasteiger charge is 2.20. The zero-order valence-corrected chi connectivity index (χ0v) is 13.8. The summed E-state index contributed by atoms with van der Waals surface area (Å²) >= 11 is 0. The molecule has 118 valence electrons. The van der Waals surface area contributed by atoms with E-state index in [0.29, 0.717) is 12.4 Å². The first kappa shape index (κ1) is 16.6. The number of carbonyl (C=O) groups excluding carboxylic acids is 1. The van der Waals surface area contributed by atoms with Gasteiger partial charge in [-0.2, -0.15) is 4.99 Å². The number of hydrogen-bond acceptors (Lipinski definition) is 2. The van der Waals surface area contributed by atoms with E-state index >= 15 is 0 Å². The molecule has 2 aliphatic heterocycles. The first-order chi connectivity index (χ1) is 11.2. The normalized spacial score (nSPS) is 17.0. The molecule has 1 aromatic carbocycles. The van der Waals surface area contributed by atoms with E-state index in [9.17, 15) is 4.79 Å². The van der Waals surface area contributed by atoms with Gasteiger partial charge < -0.3 is 4.90 Å². The molecule has 0 spiro atoms. The highest BCUT2D eigenvalue weighted by atomic mass is 16.1. The number of benzene rings is 1. The molecule has 0 aliphatic carbocycles. The molecule has 4 nitrogen and oxygen atoms in total. The van der Waals surface area contributed by atoms with E-state index in [1.54, 1.807) is 0 Å². The smallest absolute Gasteiger partial charge is 0.271 e. The molecule has 3 rings (SSSR count). The second-order valence-corrected chi connectivity index (χ2v) is 4.94. The largest absolute Gasteiger partial charge is 0.328 e. The maximum atomic E-state index is 11.6. The fourth-order valence-electron chi connectivity index (χ4n) is 2.35. The fourth-order valence-corrected chi connectivity index (χ4v) is 2.35. The molecule has 0 fully saturated rings. The van der Waals surface area contributed by atoms with Crippen LogP contribution in [0.3, 0.4) is 0 Å². The Kier molecular flexibility index (Phi) is 5.41. The van der Waals surface area contributed by atoms with Crippen molar-refractivity contribution >= 4 is 17.6 Å². The molecule has 23 heavy (non-hydrogen) atoms. The molecule has 1 aromatic rings. The fraction of sp³-hybridized carbons (Fsp3) is 0.211. The minimum absolute atomic E-state index is 0.385. The van der Waals surface area contributed by atoms with E-state index in [1.165, 1.54) is 6.08 Å². The van der Waals surface area contributed by atoms with E-state index in [1.807, 2.05) is 63.4 Å². The third-order valence-corrected chi connectivity index (χ3v) is 3.36. The van der Waals surface area contributed by atoms with Crippen molar-refractivity contribution < 1.29 is 4.79 Å². The molecular formula is C19H21N3O. The Balaban J connectivity index is 0.000000924. The molecule has 0 aromatic heterocycles. The van der Waals surface area contributed by atoms with Crippen molar-refractivity contribution in [1.82, 2.24) is 4.90 Å². The lowest BCUT2D eigenvalue weighted by atomic mass is 10.1. The molecule has 0 atom stereocenters. The molecular weight excluding hydrogens is 286 g/mol. The number of aliphatic imine (C=N–C) groups is 2. The molecule has 4 heteroatoms. The van der Waals surface area contributed by atoms with Gasteiger partial charge in [-0.25, -0.2) is 4.99 Å². The van der Waals surface area contributed by atoms with Crippen LogP contribution in [0.4, 0.5) is 0 Å². The van der Waals surface area contributed by atoms with Crippen LogP contribution >= 0.6 is 0 Å². The summed E-state index contributed by atoms with van der Waals surface area (Å²) in [6.07, 6.45) is 7.18. The lowest BCUT2D eigenvalue weighted by Crippen LogP contribution is -2.25. The summed E-state index contributed by atoms with van der Waals surface area (Å²) in [7, 11) is 0. The maximum absolute atomic E-state index is 11.6. The first-order valence-electron chi connectivity index (χ1n) is 7.72. The zero-order chi connectivity index (χ0) is 16.8. The molecule has 1 amide bonds. The van der Waals surface area contributed by atoms with Crippen molar-refractivity contribution in [3.05, 3.63) is 72.0 Å². The van der Waals surface area contributed by atoms with Crippen molar-refractivity contribution in [2.45, 2.75) is 27.3 Å². The molecule has 2 heterocycles. The average Bonchev–Trinajstić information content (AvgIpc) is 2.73. The third-order valence-electron chi connectivity index (χ3n) is 3.36. The van der Waals surface area contributed by atoms with Crippen molar-refractivity contribution in [3.8, 4) is 0 Å². The van der Waals surface area contributed by atoms with Crippen molar-refractivity contribution in [2.24, 2.45) is 9.98 Å². The standard InChI is InChI=1S/C17H15N3O.C2H6/c1-3-16(21)19-17-14-7-5-4-6-13(14)11-20-10-12(2)8-9-15(20)18-17;1-2/h3-10H,1,11H2,2H3;1-2H3. The average molecular weight is 307 g/mol. The minimum Gasteiger partial charge on any atom is -0.328 e. The third kappa shape index (κ3) is 3.72. The van der Waals surface area contributed by atoms with Gasteiger partial charge in [0.05, 0.1) is 0 Å². The van der Waals surface area contributed by atoms with Gasteiger partial charge in [0.15, 0.2) is 5.84 Å². The minimum atomic E-state index is -0.385. The monoisotopic (exact) mass is 307 g/mol. The number of hydrogen-bond donors (Lipinski definition) is 0. The van der Waals surface area contributed by atoms with Crippen LogP contribution in [0.2, 0.25) is 0 Å². The molecule has 0 saturated carbocycles. The van der Waals surface area contributed by atoms with E-state index in [4.69, 9.17) is 0 Å². The topological polar surface area (TPSA) is 45.0 Å². The summed E-state index contributed by atoms with van der Waals surface area (Å²) in [5.41, 5.74) is 3.13. The summed E-state index contributed by atoms with van der Waals surface area (Å²) in [6, 6.07) is 7.87. The van der Waals surface area contributed by atoms with Gasteiger partial charge in [0.25, 0.3) is 5.91 Å². The van der Waals surface area contributed by atoms with Gasteiger partial charge >= 0.3 is 0 Å². The molecule has 0 saturated heterocycles. The second-order valence-electron chi connectivity index (χ2n) is 4.94. The highest BCUT2D eigenvalue weighted by molar-refractivity contribution is 6.15. The van der Waals surface area contributed by atoms with Crippen LogP contribution in [-0.4, -0.2) is 22.5 Å². The second kappa shape index (κ2) is 7.49. The number of fused-ring (bicyclic) bond motifs is 2. The maximum Gasteiger partial charge on any atom is 0.271 e. The van der Waals surface area contributed by atoms with Gasteiger partial charge in [-0.15, -0.1) is 0 Å². The van der Waals surface area contributed by atoms with Gasteiger partial charge in [-0.3, -0.25) is 4.79 Å². The van der Waals surface area contributed by atoms with E-state index in [0.717, 1.165) is 22.5 Å². The lowest BCUT2D eigenvalue weighted by Gasteiger charge is -2.22. The van der Waals surface area contributed by atoms with Crippen molar-refractivity contribution in [1.29, 1.82) is 0 Å². The number of nitrogens with zero attached hydrogens (tertiary/aromatic N) is 3. The van der Waals surface area contributed by atoms with Gasteiger partial charge in [0, 0.05) is 18.3 Å². The Hall–Kier alpha value is -2.75. The van der Waals surface area contributed by atoms with Crippen LogP contribution in [-0.2, 0) is 11.3 Å². The summed E-state index contributed by atoms with van der Waals surface area (Å²) in [6.45, 7) is 10.2. The SMILES string of the molecule is C=CC(=O)N=C1N=C2C=CC(C)=CN2Cc2ccccc21.CC. The zero-order valence-electron chi connectivity index (χ0n) is 13.8. The Morgan fingerprint density at radius 1 is 1.30 bits per heavy atom. The quantitative estimate of drug-likeness (QED) is 0.740. The van der Waals surface area contributed by atoms with Crippen LogP contribution in [0.1, 0.15) is 31.9 Å². The van der Waals surface area contributed by atoms with E-state index in [-0.39, 0.29) is 5.91 Å². The number of allylic oxidation sites excluding steroid dienone is 2. The van der Waals surface area contributed by atoms with Crippen LogP contribution in [0, 0.1) is 0 Å². The Bertz CT molecular complexity index is 739. The number of carbonyl (C=O) groups is 1. The molecule has 0 bridgehead atoms. The summed E-state index contributed by atoms with van der Waals surface area (Å²) < 4.78 is 0. The molecule has 0 radical (unpaired) electrons. The van der Waals surface area contributed by atoms with Crippen molar-refractivity contribution in [2.75, 3.05) is 0 Å². The Morgan fingerprint density at radius 2 is 2.04 bits per heavy atom. The van der Waals surface area contributed by atoms with Crippen molar-refractivity contribution in [3.63, 3.8) is 0 Å². The molecule has 0 unspecified atom stereocenters. The van der Waals surface area contributed by atoms with Crippen LogP contribution in [0.15, 0.2) is 70.8 Å². The first-order valence-corrected chi connectivity index (χ1v) is 7.72. The van der Waals surface area contributed by atoms with Gasteiger partial charge in [0.1, 0.15) is 5.84 Å². The van der Waals surface area contributed by atoms with Gasteiger partial charge in [0.2, 0.25) is 0 Å². The summed E-state index contributed by atoms with van der Waals surface area (Å²) in [4.78, 5) is 22.3. The number of amidine groups is 2. The van der Waals surface area contributed by atoms with Gasteiger partial charge in [-0.05, 0) is 30.2 Å². The molecule has 0 N–H and O–H groups in total. The summed E-state index contributed by atoms with van der Waals surface area (Å²) in [5.74, 6) is 0.835. The van der Waals surface area contributed by atoms with E-state index in [2.05, 4.69) is 21.5 Å². The highest BCUT2D eigenvalue weighted by Crippen LogP contribution is 2.21. The number of rotatable bonds is 1. The summed E-state index contributed by atoms with van der Waals surface area (Å²) in [5, 5.41) is 0. The van der Waals surface area contributed by atoms with E-state index < -0.39 is 0 Å². The predicted molar refractivity (Wildman–Crippen MR) is 95.4 cm³/mol. The number of amides is 1. The van der Waals surface area contributed by atoms with Crippen LogP contribution in [0.5, 0.6) is 0 Å². The predicted octanol–water partition coefficient (Wildman–Crippen LogP) is 3.86. The van der Waals surface area contributed by atoms with Gasteiger partial charge in [-0.1, -0.05) is 50.8 Å².